The molecule has 0 radical (unpaired) electrons. The van der Waals surface area contributed by atoms with Crippen LogP contribution in [0.2, 0.25) is 0 Å². The van der Waals surface area contributed by atoms with Gasteiger partial charge in [-0.2, -0.15) is 0 Å². The molecule has 4 saturated carbocycles. The van der Waals surface area contributed by atoms with Gasteiger partial charge in [0, 0.05) is 55.6 Å². The molecule has 2 aromatic carbocycles. The van der Waals surface area contributed by atoms with Gasteiger partial charge in [-0.3, -0.25) is 48.3 Å². The maximum absolute atomic E-state index is 14.7. The Morgan fingerprint density at radius 1 is 0.459 bits per heavy atom. The zero-order valence-corrected chi connectivity index (χ0v) is 81.6. The number of aliphatic hydroxyl groups excluding tert-OH is 10. The summed E-state index contributed by atoms with van der Waals surface area (Å²) in [6, 6.07) is 9.28. The third-order valence-electron chi connectivity index (χ3n) is 27.4. The van der Waals surface area contributed by atoms with Gasteiger partial charge in [0.1, 0.15) is 116 Å². The van der Waals surface area contributed by atoms with E-state index in [4.69, 9.17) is 87.3 Å². The average molecular weight is 2100 g/mol. The molecule has 148 heavy (non-hydrogen) atoms. The number of carbonyl (C=O) groups excluding carboxylic acids is 8. The number of anilines is 1. The first-order valence-electron chi connectivity index (χ1n) is 49.8. The van der Waals surface area contributed by atoms with Gasteiger partial charge in [0.05, 0.1) is 100 Å². The number of H-pyrrole nitrogens is 4. The number of amides is 4. The normalized spacial score (nSPS) is 31.1. The van der Waals surface area contributed by atoms with Crippen LogP contribution in [0.1, 0.15) is 177 Å². The van der Waals surface area contributed by atoms with Crippen molar-refractivity contribution in [2.45, 2.75) is 307 Å². The van der Waals surface area contributed by atoms with Gasteiger partial charge in [0.15, 0.2) is 55.4 Å². The number of aromatic nitrogens is 4. The summed E-state index contributed by atoms with van der Waals surface area (Å²) in [4.78, 5) is 197. The van der Waals surface area contributed by atoms with E-state index in [-0.39, 0.29) is 146 Å². The first-order valence-corrected chi connectivity index (χ1v) is 49.8. The van der Waals surface area contributed by atoms with E-state index >= 15 is 0 Å². The predicted octanol–water partition coefficient (Wildman–Crippen LogP) is -4.92. The van der Waals surface area contributed by atoms with E-state index in [1.807, 2.05) is 9.97 Å². The lowest BCUT2D eigenvalue weighted by molar-refractivity contribution is -0.347. The molecule has 4 aliphatic heterocycles. The van der Waals surface area contributed by atoms with Crippen molar-refractivity contribution in [3.8, 4) is 0 Å². The van der Waals surface area contributed by atoms with Crippen molar-refractivity contribution in [1.82, 2.24) is 35.9 Å². The zero-order valence-electron chi connectivity index (χ0n) is 81.6. The van der Waals surface area contributed by atoms with Crippen LogP contribution in [0, 0.1) is 23.7 Å². The molecule has 12 unspecified atom stereocenters. The summed E-state index contributed by atoms with van der Waals surface area (Å²) < 4.78 is 97.5. The van der Waals surface area contributed by atoms with Crippen LogP contribution in [0.3, 0.4) is 0 Å². The highest BCUT2D eigenvalue weighted by Gasteiger charge is 2.58. The fourth-order valence-corrected chi connectivity index (χ4v) is 19.6. The molecule has 0 bridgehead atoms. The number of carboxylic acid groups (broad SMARTS) is 2. The summed E-state index contributed by atoms with van der Waals surface area (Å²) in [7, 11) is 0. The molecule has 4 saturated heterocycles. The molecule has 30 atom stereocenters. The number of aliphatic hydroxyl groups is 10. The SMILES string of the molecule is CC1O[C@@H](O[C@@H]2C(NC(=O)c3cc(=O)[nH]c(=O)[nH]3)CC(C(=O)CCCN)C[C@H]2O[C@@H]2O[C@@H](CO)[C@H](O)C(O[C@@H](CC3CCCCC3)C(=O)O)C2OC(=O)c2ccc(CC(=O)COCCOCCOCCOCC(=O)Nc3ccc(C(=O)OC4C(O[C@@H](CC5CCCCC5)C(=O)O)[C@@H](O)[C@H](CO)O[C@H]4O[C@@H]4CC(C(=O)NCCN)CC(NC(=O)c5cc(=O)[nH]c(=O)[nH]5)[C@H]4O[C@@H]4OC(C)[C@@H](O)[C@H](O)C4O)cc3)cc2)C(O)[C@@H](O)[C@@H]1O. The maximum Gasteiger partial charge on any atom is 0.338 e. The van der Waals surface area contributed by atoms with Crippen molar-refractivity contribution < 1.29 is 185 Å². The Hall–Kier alpha value is -10.1. The predicted molar refractivity (Wildman–Crippen MR) is 503 cm³/mol. The van der Waals surface area contributed by atoms with E-state index < -0.39 is 303 Å². The highest BCUT2D eigenvalue weighted by atomic mass is 16.8. The number of esters is 2. The van der Waals surface area contributed by atoms with Crippen molar-refractivity contribution in [2.24, 2.45) is 35.1 Å². The monoisotopic (exact) mass is 2100 g/mol. The minimum Gasteiger partial charge on any atom is -0.479 e. The Bertz CT molecular complexity index is 4880. The number of hydrogen-bond acceptors (Lipinski definition) is 42. The van der Waals surface area contributed by atoms with Gasteiger partial charge in [0.2, 0.25) is 11.8 Å². The highest BCUT2D eigenvalue weighted by molar-refractivity contribution is 5.95. The van der Waals surface area contributed by atoms with Gasteiger partial charge in [-0.15, -0.1) is 0 Å². The lowest BCUT2D eigenvalue weighted by Crippen LogP contribution is -2.65. The topological polar surface area (TPSA) is 793 Å². The van der Waals surface area contributed by atoms with E-state index in [1.165, 1.54) is 62.4 Å². The second-order valence-electron chi connectivity index (χ2n) is 38.2. The number of ketones is 2. The van der Waals surface area contributed by atoms with Crippen molar-refractivity contribution in [1.29, 1.82) is 0 Å². The molecule has 8 fully saturated rings. The number of aromatic amines is 4. The fourth-order valence-electron chi connectivity index (χ4n) is 19.6. The van der Waals surface area contributed by atoms with Crippen LogP contribution in [0.4, 0.5) is 5.69 Å². The molecule has 2 aromatic heterocycles. The smallest absolute Gasteiger partial charge is 0.338 e. The molecule has 0 spiro atoms. The number of benzene rings is 2. The molecule has 52 nitrogen and oxygen atoms in total. The van der Waals surface area contributed by atoms with E-state index in [1.54, 1.807) is 0 Å². The Kier molecular flexibility index (Phi) is 44.3. The number of hydrogen-bond donors (Lipinski definition) is 22. The Morgan fingerprint density at radius 2 is 0.885 bits per heavy atom. The Morgan fingerprint density at radius 3 is 1.31 bits per heavy atom. The number of aliphatic carboxylic acids is 2. The van der Waals surface area contributed by atoms with Crippen molar-refractivity contribution >= 4 is 64.8 Å². The van der Waals surface area contributed by atoms with Crippen molar-refractivity contribution in [2.75, 3.05) is 91.0 Å². The summed E-state index contributed by atoms with van der Waals surface area (Å²) in [5.41, 5.74) is 6.58. The quantitative estimate of drug-likeness (QED) is 0.0145. The Labute approximate surface area is 846 Å². The summed E-state index contributed by atoms with van der Waals surface area (Å²) in [6.45, 7) is 0.0339. The van der Waals surface area contributed by atoms with Gasteiger partial charge in [-0.25, -0.2) is 28.8 Å². The number of ether oxygens (including phenoxy) is 16. The van der Waals surface area contributed by atoms with E-state index in [0.717, 1.165) is 50.7 Å². The summed E-state index contributed by atoms with van der Waals surface area (Å²) >= 11 is 0. The van der Waals surface area contributed by atoms with Crippen molar-refractivity contribution in [3.63, 3.8) is 0 Å². The number of carbonyl (C=O) groups is 10. The van der Waals surface area contributed by atoms with Crippen LogP contribution in [-0.2, 0) is 111 Å². The van der Waals surface area contributed by atoms with Gasteiger partial charge < -0.3 is 180 Å². The Balaban J connectivity index is 0.637. The summed E-state index contributed by atoms with van der Waals surface area (Å²) in [6.07, 6.45) is -40.0. The molecular weight excluding hydrogens is 1970 g/mol. The van der Waals surface area contributed by atoms with Crippen LogP contribution in [0.5, 0.6) is 0 Å². The molecule has 822 valence electrons. The van der Waals surface area contributed by atoms with Crippen LogP contribution < -0.4 is 55.2 Å². The summed E-state index contributed by atoms with van der Waals surface area (Å²) in [5, 5.41) is 144. The van der Waals surface area contributed by atoms with Crippen molar-refractivity contribution in [3.05, 3.63) is 130 Å². The minimum atomic E-state index is -2.04. The third-order valence-corrected chi connectivity index (χ3v) is 27.4. The largest absolute Gasteiger partial charge is 0.479 e. The van der Waals surface area contributed by atoms with E-state index in [2.05, 4.69) is 31.2 Å². The minimum absolute atomic E-state index is 0.0108. The summed E-state index contributed by atoms with van der Waals surface area (Å²) in [5.74, 6) is -12.0. The first-order chi connectivity index (χ1) is 70.9. The number of nitrogens with one attached hydrogen (secondary N) is 8. The second kappa shape index (κ2) is 56.3. The van der Waals surface area contributed by atoms with Crippen LogP contribution in [0.15, 0.2) is 79.8 Å². The van der Waals surface area contributed by atoms with Gasteiger partial charge in [-0.05, 0) is 119 Å². The van der Waals surface area contributed by atoms with E-state index in [9.17, 15) is 128 Å². The maximum atomic E-state index is 14.7. The van der Waals surface area contributed by atoms with Crippen LogP contribution in [0.25, 0.3) is 0 Å². The molecule has 4 amide bonds. The van der Waals surface area contributed by atoms with E-state index in [0.29, 0.717) is 31.2 Å². The average Bonchev–Trinajstić information content (AvgIpc) is 0.769. The van der Waals surface area contributed by atoms with Gasteiger partial charge in [0.25, 0.3) is 22.9 Å². The molecular formula is C96H136N10O42. The number of carboxylic acids is 2. The number of nitrogens with two attached hydrogens (primary N) is 2. The highest BCUT2D eigenvalue weighted by Crippen LogP contribution is 2.43. The molecule has 4 aromatic rings. The molecule has 12 rings (SSSR count). The number of rotatable bonds is 51. The van der Waals surface area contributed by atoms with Gasteiger partial charge >= 0.3 is 35.3 Å². The van der Waals surface area contributed by atoms with Gasteiger partial charge in [-0.1, -0.05) is 76.3 Å². The zero-order chi connectivity index (χ0) is 107. The molecule has 52 heteroatoms. The molecule has 4 aliphatic carbocycles. The fraction of sp³-hybridized carbons (Fsp3) is 0.688. The lowest BCUT2D eigenvalue weighted by atomic mass is 9.78. The molecule has 6 heterocycles. The number of Topliss-reactive ketones (excluding diaryl/α,β-unsaturated/α-hetero) is 2. The lowest BCUT2D eigenvalue weighted by Gasteiger charge is -2.49. The molecule has 24 N–H and O–H groups in total. The van der Waals surface area contributed by atoms with Crippen LogP contribution in [-0.4, -0.2) is 398 Å². The third kappa shape index (κ3) is 32.2. The standard InChI is InChI=1S/C96H136N10O42/c1-45-70(114)74(118)76(120)91(137-45)147-78-56(101-85(123)58-39-67(111)105-95(131)103-58)35-52(60(110)14-9-23-97)37-61(78)141-93-82(80(72(116)65(41-107)143-93)139-63(87(125)126)33-47-10-5-3-6-11-47)145-89(129)50-17-15-49(16-18-50)32-55(109)43-135-30-28-133-26-27-134-29-31-136-44-69(113)100-54-21-19-51(20-22-54)90(130)146-83-81(140-64(88(127)128)34-48-12-7-4-8-13-48)73(117)66(42-108)144-94(83)142-62-38-53(84(122)99-25-24-98)36-57(102-86(124)59-40-68(112)106-96(132)104-59)79(62)148-92-77(121)75(119)71(115)46(2)138-92/h15-22,39-40,45-48,52-53,56-57,61-66,70-83,91-94,107-108,114-121H,3-14,23-38,41-44,97-98H2,1-2H3,(H,99,122)(H,100,113)(H,101,123)(H,102,124)(H,125,126)(H,127,128)(H2,103,105,111,131)(H2,104,106,112,132)/t45?,46?,52?,53?,56?,57?,61-,62-,63+,64+,65+,66+,70-,71-,72+,73+,74+,75+,76?,77?,78-,79-,80?,81?,82?,83?,91+,92+,93-,94-/m1/s1. The first kappa shape index (κ1) is 117. The molecule has 8 aliphatic rings. The van der Waals surface area contributed by atoms with Crippen LogP contribution >= 0.6 is 0 Å². The second-order valence-corrected chi connectivity index (χ2v) is 38.2.